The van der Waals surface area contributed by atoms with Crippen molar-refractivity contribution in [1.82, 2.24) is 5.32 Å². The second kappa shape index (κ2) is 3.98. The van der Waals surface area contributed by atoms with Crippen LogP contribution in [0.4, 0.5) is 0 Å². The Bertz CT molecular complexity index is 410. The topological polar surface area (TPSA) is 59.3 Å². The van der Waals surface area contributed by atoms with Gasteiger partial charge in [-0.2, -0.15) is 0 Å². The molecule has 2 atom stereocenters. The van der Waals surface area contributed by atoms with Crippen LogP contribution in [0.2, 0.25) is 0 Å². The second-order valence-electron chi connectivity index (χ2n) is 4.00. The van der Waals surface area contributed by atoms with Crippen molar-refractivity contribution >= 4 is 9.84 Å². The second-order valence-corrected chi connectivity index (χ2v) is 6.23. The number of furan rings is 1. The molecule has 4 nitrogen and oxygen atoms in total. The molecular weight excluding hydrogens is 214 g/mol. The van der Waals surface area contributed by atoms with E-state index in [1.54, 1.807) is 6.26 Å². The number of hydrogen-bond donors (Lipinski definition) is 1. The molecule has 1 aromatic rings. The van der Waals surface area contributed by atoms with E-state index in [1.807, 2.05) is 19.1 Å². The summed E-state index contributed by atoms with van der Waals surface area (Å²) < 4.78 is 27.7. The molecule has 1 saturated heterocycles. The first-order chi connectivity index (χ1) is 7.07. The zero-order chi connectivity index (χ0) is 10.9. The van der Waals surface area contributed by atoms with Crippen LogP contribution in [0.3, 0.4) is 0 Å². The predicted octanol–water partition coefficient (Wildman–Crippen LogP) is 1.12. The Morgan fingerprint density at radius 1 is 1.60 bits per heavy atom. The van der Waals surface area contributed by atoms with Gasteiger partial charge in [0.25, 0.3) is 0 Å². The summed E-state index contributed by atoms with van der Waals surface area (Å²) in [6.45, 7) is 1.98. The van der Waals surface area contributed by atoms with E-state index < -0.39 is 9.84 Å². The molecule has 0 aliphatic carbocycles. The summed E-state index contributed by atoms with van der Waals surface area (Å²) in [5.74, 6) is 1.40. The molecule has 15 heavy (non-hydrogen) atoms. The van der Waals surface area contributed by atoms with Gasteiger partial charge in [-0.3, -0.25) is 0 Å². The third-order valence-corrected chi connectivity index (χ3v) is 4.46. The van der Waals surface area contributed by atoms with Crippen molar-refractivity contribution in [2.24, 2.45) is 0 Å². The van der Waals surface area contributed by atoms with Crippen molar-refractivity contribution in [3.05, 3.63) is 24.2 Å². The third kappa shape index (κ3) is 2.60. The molecule has 2 heterocycles. The highest BCUT2D eigenvalue weighted by Crippen LogP contribution is 2.18. The van der Waals surface area contributed by atoms with Gasteiger partial charge in [-0.1, -0.05) is 0 Å². The predicted molar refractivity (Wildman–Crippen MR) is 57.3 cm³/mol. The zero-order valence-corrected chi connectivity index (χ0v) is 9.46. The van der Waals surface area contributed by atoms with E-state index in [0.717, 1.165) is 5.76 Å². The van der Waals surface area contributed by atoms with E-state index in [9.17, 15) is 8.42 Å². The first-order valence-electron chi connectivity index (χ1n) is 5.07. The van der Waals surface area contributed by atoms with E-state index in [-0.39, 0.29) is 17.8 Å². The highest BCUT2D eigenvalue weighted by molar-refractivity contribution is 7.91. The third-order valence-electron chi connectivity index (χ3n) is 2.69. The van der Waals surface area contributed by atoms with Crippen molar-refractivity contribution in [1.29, 1.82) is 0 Å². The molecule has 0 saturated carbocycles. The van der Waals surface area contributed by atoms with Crippen LogP contribution in [0.5, 0.6) is 0 Å². The molecule has 0 amide bonds. The quantitative estimate of drug-likeness (QED) is 0.843. The van der Waals surface area contributed by atoms with Gasteiger partial charge in [0.05, 0.1) is 23.8 Å². The van der Waals surface area contributed by atoms with Crippen LogP contribution >= 0.6 is 0 Å². The minimum atomic E-state index is -2.80. The lowest BCUT2D eigenvalue weighted by Crippen LogP contribution is -2.32. The summed E-state index contributed by atoms with van der Waals surface area (Å²) >= 11 is 0. The first kappa shape index (κ1) is 10.7. The summed E-state index contributed by atoms with van der Waals surface area (Å²) in [7, 11) is -2.80. The van der Waals surface area contributed by atoms with Crippen molar-refractivity contribution in [3.63, 3.8) is 0 Å². The van der Waals surface area contributed by atoms with E-state index in [2.05, 4.69) is 5.32 Å². The Morgan fingerprint density at radius 2 is 2.40 bits per heavy atom. The molecular formula is C10H15NO3S. The molecule has 0 aromatic carbocycles. The maximum absolute atomic E-state index is 11.2. The molecule has 1 fully saturated rings. The van der Waals surface area contributed by atoms with E-state index in [4.69, 9.17) is 4.42 Å². The Labute approximate surface area is 89.6 Å². The van der Waals surface area contributed by atoms with Crippen LogP contribution in [0.15, 0.2) is 22.8 Å². The van der Waals surface area contributed by atoms with Crippen LogP contribution in [0.25, 0.3) is 0 Å². The van der Waals surface area contributed by atoms with Crippen LogP contribution < -0.4 is 5.32 Å². The Kier molecular flexibility index (Phi) is 2.84. The Balaban J connectivity index is 1.94. The Hall–Kier alpha value is -0.810. The summed E-state index contributed by atoms with van der Waals surface area (Å²) in [5, 5.41) is 3.26. The van der Waals surface area contributed by atoms with Crippen molar-refractivity contribution in [2.45, 2.75) is 25.4 Å². The van der Waals surface area contributed by atoms with Crippen molar-refractivity contribution in [2.75, 3.05) is 11.5 Å². The van der Waals surface area contributed by atoms with Gasteiger partial charge in [0, 0.05) is 6.04 Å². The number of sulfone groups is 1. The summed E-state index contributed by atoms with van der Waals surface area (Å²) in [4.78, 5) is 0. The standard InChI is InChI=1S/C10H15NO3S/c1-8(10-3-2-5-14-10)11-9-4-6-15(12,13)7-9/h2-3,5,8-9,11H,4,6-7H2,1H3/t8-,9-/m1/s1. The molecule has 84 valence electrons. The molecule has 5 heteroatoms. The highest BCUT2D eigenvalue weighted by atomic mass is 32.2. The van der Waals surface area contributed by atoms with Gasteiger partial charge in [0.1, 0.15) is 5.76 Å². The van der Waals surface area contributed by atoms with Crippen LogP contribution in [-0.2, 0) is 9.84 Å². The van der Waals surface area contributed by atoms with E-state index >= 15 is 0 Å². The van der Waals surface area contributed by atoms with Gasteiger partial charge in [0.15, 0.2) is 9.84 Å². The van der Waals surface area contributed by atoms with Gasteiger partial charge in [-0.05, 0) is 25.5 Å². The SMILES string of the molecule is C[C@@H](N[C@@H]1CCS(=O)(=O)C1)c1ccco1. The highest BCUT2D eigenvalue weighted by Gasteiger charge is 2.29. The molecule has 0 spiro atoms. The normalized spacial score (nSPS) is 26.6. The molecule has 1 aliphatic heterocycles. The van der Waals surface area contributed by atoms with Crippen molar-refractivity contribution in [3.8, 4) is 0 Å². The lowest BCUT2D eigenvalue weighted by Gasteiger charge is -2.16. The summed E-state index contributed by atoms with van der Waals surface area (Å²) in [6.07, 6.45) is 2.33. The van der Waals surface area contributed by atoms with Gasteiger partial charge in [-0.15, -0.1) is 0 Å². The van der Waals surface area contributed by atoms with Gasteiger partial charge < -0.3 is 9.73 Å². The Morgan fingerprint density at radius 3 is 2.93 bits per heavy atom. The van der Waals surface area contributed by atoms with Crippen LogP contribution in [0.1, 0.15) is 25.1 Å². The number of nitrogens with one attached hydrogen (secondary N) is 1. The average Bonchev–Trinajstić information content (AvgIpc) is 2.74. The fraction of sp³-hybridized carbons (Fsp3) is 0.600. The lowest BCUT2D eigenvalue weighted by atomic mass is 10.2. The molecule has 1 N–H and O–H groups in total. The lowest BCUT2D eigenvalue weighted by molar-refractivity contribution is 0.400. The molecule has 0 radical (unpaired) electrons. The zero-order valence-electron chi connectivity index (χ0n) is 8.64. The maximum Gasteiger partial charge on any atom is 0.151 e. The first-order valence-corrected chi connectivity index (χ1v) is 6.89. The summed E-state index contributed by atoms with van der Waals surface area (Å²) in [5.41, 5.74) is 0. The van der Waals surface area contributed by atoms with Crippen LogP contribution in [-0.4, -0.2) is 26.0 Å². The maximum atomic E-state index is 11.2. The molecule has 1 aliphatic rings. The van der Waals surface area contributed by atoms with Crippen molar-refractivity contribution < 1.29 is 12.8 Å². The molecule has 0 bridgehead atoms. The number of rotatable bonds is 3. The van der Waals surface area contributed by atoms with Gasteiger partial charge in [-0.25, -0.2) is 8.42 Å². The van der Waals surface area contributed by atoms with E-state index in [0.29, 0.717) is 12.2 Å². The fourth-order valence-corrected chi connectivity index (χ4v) is 3.59. The van der Waals surface area contributed by atoms with Crippen LogP contribution in [0, 0.1) is 0 Å². The molecule has 1 aromatic heterocycles. The van der Waals surface area contributed by atoms with Gasteiger partial charge in [0.2, 0.25) is 0 Å². The minimum Gasteiger partial charge on any atom is -0.468 e. The smallest absolute Gasteiger partial charge is 0.151 e. The molecule has 0 unspecified atom stereocenters. The molecule has 2 rings (SSSR count). The van der Waals surface area contributed by atoms with Gasteiger partial charge >= 0.3 is 0 Å². The largest absolute Gasteiger partial charge is 0.468 e. The fourth-order valence-electron chi connectivity index (χ4n) is 1.90. The average molecular weight is 229 g/mol. The van der Waals surface area contributed by atoms with E-state index in [1.165, 1.54) is 0 Å². The number of hydrogen-bond acceptors (Lipinski definition) is 4. The summed E-state index contributed by atoms with van der Waals surface area (Å²) in [6, 6.07) is 3.86. The monoisotopic (exact) mass is 229 g/mol. The minimum absolute atomic E-state index is 0.0649.